The molecule has 0 saturated heterocycles. The molecule has 11 heteroatoms. The highest BCUT2D eigenvalue weighted by molar-refractivity contribution is 7.89. The van der Waals surface area contributed by atoms with Crippen molar-refractivity contribution < 1.29 is 27.1 Å². The molecule has 2 heterocycles. The normalized spacial score (nSPS) is 13.4. The molecule has 3 aromatic rings. The molecule has 0 atom stereocenters. The van der Waals surface area contributed by atoms with Crippen LogP contribution in [0.15, 0.2) is 50.5 Å². The number of H-pyrrole nitrogens is 1. The van der Waals surface area contributed by atoms with Crippen molar-refractivity contribution in [3.8, 4) is 11.5 Å². The molecule has 1 aliphatic rings. The summed E-state index contributed by atoms with van der Waals surface area (Å²) in [6.07, 6.45) is -0.0743. The largest absolute Gasteiger partial charge is 0.486 e. The second-order valence-electron chi connectivity index (χ2n) is 6.23. The number of hydrogen-bond donors (Lipinski definition) is 3. The summed E-state index contributed by atoms with van der Waals surface area (Å²) in [5.74, 6) is 0.119. The van der Waals surface area contributed by atoms with Crippen molar-refractivity contribution in [3.63, 3.8) is 0 Å². The maximum atomic E-state index is 12.4. The second kappa shape index (κ2) is 7.60. The van der Waals surface area contributed by atoms with Gasteiger partial charge in [0.15, 0.2) is 17.1 Å². The second-order valence-corrected chi connectivity index (χ2v) is 7.99. The molecule has 29 heavy (non-hydrogen) atoms. The summed E-state index contributed by atoms with van der Waals surface area (Å²) in [7, 11) is -3.87. The minimum atomic E-state index is -3.87. The van der Waals surface area contributed by atoms with Crippen LogP contribution in [0.3, 0.4) is 0 Å². The van der Waals surface area contributed by atoms with Crippen LogP contribution >= 0.6 is 0 Å². The van der Waals surface area contributed by atoms with Crippen LogP contribution in [0, 0.1) is 0 Å². The summed E-state index contributed by atoms with van der Waals surface area (Å²) in [4.78, 5) is 25.6. The number of anilines is 1. The Hall–Kier alpha value is -3.31. The van der Waals surface area contributed by atoms with Crippen LogP contribution in [0.4, 0.5) is 5.69 Å². The van der Waals surface area contributed by atoms with Gasteiger partial charge >= 0.3 is 5.76 Å². The molecular weight excluding hydrogens is 402 g/mol. The van der Waals surface area contributed by atoms with Crippen molar-refractivity contribution >= 4 is 32.7 Å². The molecule has 3 N–H and O–H groups in total. The summed E-state index contributed by atoms with van der Waals surface area (Å²) in [6.45, 7) is 0.806. The molecular formula is C18H17N3O7S. The molecule has 0 unspecified atom stereocenters. The van der Waals surface area contributed by atoms with Gasteiger partial charge in [0.25, 0.3) is 0 Å². The van der Waals surface area contributed by atoms with Crippen molar-refractivity contribution in [2.24, 2.45) is 0 Å². The number of carbonyl (C=O) groups is 1. The predicted octanol–water partition coefficient (Wildman–Crippen LogP) is 1.20. The third-order valence-electron chi connectivity index (χ3n) is 4.17. The molecule has 0 saturated carbocycles. The van der Waals surface area contributed by atoms with Crippen LogP contribution < -0.4 is 25.3 Å². The molecule has 10 nitrogen and oxygen atoms in total. The van der Waals surface area contributed by atoms with Crippen molar-refractivity contribution in [2.45, 2.75) is 11.3 Å². The average molecular weight is 419 g/mol. The van der Waals surface area contributed by atoms with Crippen molar-refractivity contribution in [3.05, 3.63) is 46.9 Å². The van der Waals surface area contributed by atoms with Gasteiger partial charge in [0.2, 0.25) is 15.9 Å². The van der Waals surface area contributed by atoms with Crippen LogP contribution in [0.5, 0.6) is 11.5 Å². The first-order chi connectivity index (χ1) is 13.9. The van der Waals surface area contributed by atoms with Crippen LogP contribution in [0.25, 0.3) is 11.1 Å². The number of ether oxygens (including phenoxy) is 2. The van der Waals surface area contributed by atoms with E-state index >= 15 is 0 Å². The van der Waals surface area contributed by atoms with E-state index in [-0.39, 0.29) is 29.4 Å². The highest BCUT2D eigenvalue weighted by Crippen LogP contribution is 2.32. The Morgan fingerprint density at radius 3 is 2.69 bits per heavy atom. The molecule has 4 rings (SSSR count). The average Bonchev–Trinajstić information content (AvgIpc) is 3.07. The lowest BCUT2D eigenvalue weighted by Gasteiger charge is -2.19. The van der Waals surface area contributed by atoms with Gasteiger partial charge in [-0.25, -0.2) is 17.9 Å². The van der Waals surface area contributed by atoms with Gasteiger partial charge in [0.1, 0.15) is 13.2 Å². The van der Waals surface area contributed by atoms with Gasteiger partial charge in [-0.2, -0.15) is 0 Å². The molecule has 152 valence electrons. The minimum absolute atomic E-state index is 0.0694. The van der Waals surface area contributed by atoms with E-state index in [0.29, 0.717) is 35.9 Å². The lowest BCUT2D eigenvalue weighted by molar-refractivity contribution is -0.116. The first-order valence-electron chi connectivity index (χ1n) is 8.73. The molecule has 1 aliphatic heterocycles. The first kappa shape index (κ1) is 19.0. The summed E-state index contributed by atoms with van der Waals surface area (Å²) in [5, 5.41) is 2.68. The fourth-order valence-electron chi connectivity index (χ4n) is 2.82. The Morgan fingerprint density at radius 2 is 1.86 bits per heavy atom. The Bertz CT molecular complexity index is 1230. The number of oxazole rings is 1. The molecule has 0 spiro atoms. The molecule has 0 bridgehead atoms. The van der Waals surface area contributed by atoms with E-state index in [9.17, 15) is 18.0 Å². The highest BCUT2D eigenvalue weighted by atomic mass is 32.2. The molecule has 0 aliphatic carbocycles. The van der Waals surface area contributed by atoms with E-state index in [1.807, 2.05) is 0 Å². The fourth-order valence-corrected chi connectivity index (χ4v) is 3.87. The monoisotopic (exact) mass is 419 g/mol. The maximum Gasteiger partial charge on any atom is 0.417 e. The van der Waals surface area contributed by atoms with Crippen LogP contribution in [0.1, 0.15) is 6.42 Å². The van der Waals surface area contributed by atoms with Gasteiger partial charge in [-0.1, -0.05) is 0 Å². The van der Waals surface area contributed by atoms with Crippen molar-refractivity contribution in [1.82, 2.24) is 9.71 Å². The van der Waals surface area contributed by atoms with E-state index in [1.54, 1.807) is 18.2 Å². The van der Waals surface area contributed by atoms with Gasteiger partial charge in [0, 0.05) is 30.8 Å². The molecule has 0 fully saturated rings. The Kier molecular flexibility index (Phi) is 4.99. The number of aromatic nitrogens is 1. The predicted molar refractivity (Wildman–Crippen MR) is 103 cm³/mol. The number of amides is 1. The van der Waals surface area contributed by atoms with Gasteiger partial charge in [0.05, 0.1) is 10.4 Å². The van der Waals surface area contributed by atoms with Crippen LogP contribution in [0.2, 0.25) is 0 Å². The lowest BCUT2D eigenvalue weighted by atomic mass is 10.2. The quantitative estimate of drug-likeness (QED) is 0.545. The molecule has 1 aromatic heterocycles. The SMILES string of the molecule is O=C(CCNS(=O)(=O)c1ccc2[nH]c(=O)oc2c1)Nc1ccc2c(c1)OCCO2. The topological polar surface area (TPSA) is 140 Å². The number of sulfonamides is 1. The van der Waals surface area contributed by atoms with Gasteiger partial charge < -0.3 is 19.2 Å². The summed E-state index contributed by atoms with van der Waals surface area (Å²) in [6, 6.07) is 9.04. The molecule has 2 aromatic carbocycles. The van der Waals surface area contributed by atoms with E-state index in [4.69, 9.17) is 13.9 Å². The lowest BCUT2D eigenvalue weighted by Crippen LogP contribution is -2.27. The van der Waals surface area contributed by atoms with E-state index in [2.05, 4.69) is 15.0 Å². The zero-order valence-corrected chi connectivity index (χ0v) is 15.9. The van der Waals surface area contributed by atoms with Crippen LogP contribution in [-0.2, 0) is 14.8 Å². The minimum Gasteiger partial charge on any atom is -0.486 e. The Labute approximate surface area is 164 Å². The van der Waals surface area contributed by atoms with Gasteiger partial charge in [-0.15, -0.1) is 0 Å². The fraction of sp³-hybridized carbons (Fsp3) is 0.222. The zero-order valence-electron chi connectivity index (χ0n) is 15.1. The summed E-state index contributed by atoms with van der Waals surface area (Å²) >= 11 is 0. The smallest absolute Gasteiger partial charge is 0.417 e. The number of rotatable bonds is 6. The van der Waals surface area contributed by atoms with Gasteiger partial charge in [-0.3, -0.25) is 9.78 Å². The maximum absolute atomic E-state index is 12.4. The number of carbonyl (C=O) groups excluding carboxylic acids is 1. The molecule has 0 radical (unpaired) electrons. The van der Waals surface area contributed by atoms with Crippen molar-refractivity contribution in [1.29, 1.82) is 0 Å². The number of benzene rings is 2. The Morgan fingerprint density at radius 1 is 1.07 bits per heavy atom. The first-order valence-corrected chi connectivity index (χ1v) is 10.2. The van der Waals surface area contributed by atoms with E-state index in [1.165, 1.54) is 18.2 Å². The van der Waals surface area contributed by atoms with Crippen molar-refractivity contribution in [2.75, 3.05) is 25.1 Å². The number of aromatic amines is 1. The van der Waals surface area contributed by atoms with E-state index < -0.39 is 15.8 Å². The number of nitrogens with one attached hydrogen (secondary N) is 3. The highest BCUT2D eigenvalue weighted by Gasteiger charge is 2.17. The zero-order chi connectivity index (χ0) is 20.4. The third kappa shape index (κ3) is 4.25. The Balaban J connectivity index is 1.34. The molecule has 1 amide bonds. The summed E-state index contributed by atoms with van der Waals surface area (Å²) in [5.41, 5.74) is 1.05. The summed E-state index contributed by atoms with van der Waals surface area (Å²) < 4.78 is 42.8. The number of fused-ring (bicyclic) bond motifs is 2. The van der Waals surface area contributed by atoms with E-state index in [0.717, 1.165) is 0 Å². The standard InChI is InChI=1S/C18H17N3O7S/c22-17(20-11-1-4-14-16(9-11)27-8-7-26-14)5-6-19-29(24,25)12-2-3-13-15(10-12)28-18(23)21-13/h1-4,9-10,19H,5-8H2,(H,20,22)(H,21,23). The third-order valence-corrected chi connectivity index (χ3v) is 5.63. The van der Waals surface area contributed by atoms with Gasteiger partial charge in [-0.05, 0) is 24.3 Å². The number of hydrogen-bond acceptors (Lipinski definition) is 7. The van der Waals surface area contributed by atoms with Crippen LogP contribution in [-0.4, -0.2) is 39.1 Å².